The number of hydrogen-bond donors (Lipinski definition) is 0. The van der Waals surface area contributed by atoms with Crippen LogP contribution in [0.15, 0.2) is 60.8 Å². The molecule has 0 bridgehead atoms. The lowest BCUT2D eigenvalue weighted by atomic mass is 9.94. The van der Waals surface area contributed by atoms with Crippen LogP contribution in [0.1, 0.15) is 65.1 Å². The minimum absolute atomic E-state index is 0.0464. The molecule has 1 fully saturated rings. The van der Waals surface area contributed by atoms with Gasteiger partial charge in [-0.2, -0.15) is 0 Å². The van der Waals surface area contributed by atoms with E-state index in [1.807, 2.05) is 54.3 Å². The Morgan fingerprint density at radius 3 is 2.31 bits per heavy atom. The first-order chi connectivity index (χ1) is 15.6. The van der Waals surface area contributed by atoms with Gasteiger partial charge in [0.15, 0.2) is 0 Å². The largest absolute Gasteiger partial charge is 0.331 e. The third-order valence-electron chi connectivity index (χ3n) is 6.39. The normalized spacial score (nSPS) is 16.3. The lowest BCUT2D eigenvalue weighted by Crippen LogP contribution is -2.41. The van der Waals surface area contributed by atoms with Crippen LogP contribution in [0, 0.1) is 0 Å². The molecule has 6 nitrogen and oxygen atoms in total. The second-order valence-corrected chi connectivity index (χ2v) is 8.54. The van der Waals surface area contributed by atoms with E-state index in [0.29, 0.717) is 17.5 Å². The van der Waals surface area contributed by atoms with E-state index >= 15 is 0 Å². The Morgan fingerprint density at radius 2 is 1.72 bits per heavy atom. The van der Waals surface area contributed by atoms with Gasteiger partial charge in [0.25, 0.3) is 11.8 Å². The SMILES string of the molecule is CC(c1ccccn1)N(C(=O)CCCN1C(=O)c2cccc3cccc(c23)C1=O)C1CC1. The summed E-state index contributed by atoms with van der Waals surface area (Å²) >= 11 is 0. The van der Waals surface area contributed by atoms with Crippen molar-refractivity contribution in [2.45, 2.75) is 44.7 Å². The summed E-state index contributed by atoms with van der Waals surface area (Å²) in [4.78, 5) is 46.8. The highest BCUT2D eigenvalue weighted by molar-refractivity contribution is 6.25. The maximum atomic E-state index is 13.1. The zero-order valence-electron chi connectivity index (χ0n) is 18.0. The number of imide groups is 1. The molecule has 3 amide bonds. The van der Waals surface area contributed by atoms with Crippen LogP contribution in [-0.2, 0) is 4.79 Å². The molecule has 162 valence electrons. The molecule has 1 atom stereocenters. The summed E-state index contributed by atoms with van der Waals surface area (Å²) in [7, 11) is 0. The number of amides is 3. The molecule has 0 saturated heterocycles. The minimum atomic E-state index is -0.285. The van der Waals surface area contributed by atoms with Gasteiger partial charge in [-0.15, -0.1) is 0 Å². The summed E-state index contributed by atoms with van der Waals surface area (Å²) in [5.41, 5.74) is 1.97. The number of hydrogen-bond acceptors (Lipinski definition) is 4. The van der Waals surface area contributed by atoms with Gasteiger partial charge >= 0.3 is 0 Å². The molecule has 2 aliphatic rings. The Hall–Kier alpha value is -3.54. The third kappa shape index (κ3) is 3.55. The second-order valence-electron chi connectivity index (χ2n) is 8.54. The smallest absolute Gasteiger partial charge is 0.261 e. The molecule has 1 aliphatic heterocycles. The standard InChI is InChI=1S/C26H25N3O3/c1-17(22-11-2-3-15-27-22)29(19-13-14-19)23(30)12-6-16-28-25(31)20-9-4-7-18-8-5-10-21(24(18)20)26(28)32/h2-5,7-11,15,17,19H,6,12-14,16H2,1H3. The van der Waals surface area contributed by atoms with Crippen molar-refractivity contribution in [3.63, 3.8) is 0 Å². The Balaban J connectivity index is 1.28. The first kappa shape index (κ1) is 20.4. The summed E-state index contributed by atoms with van der Waals surface area (Å²) in [6.07, 6.45) is 4.48. The Morgan fingerprint density at radius 1 is 1.03 bits per heavy atom. The van der Waals surface area contributed by atoms with Crippen LogP contribution in [0.4, 0.5) is 0 Å². The fraction of sp³-hybridized carbons (Fsp3) is 0.308. The van der Waals surface area contributed by atoms with E-state index in [1.54, 1.807) is 18.3 Å². The van der Waals surface area contributed by atoms with Crippen LogP contribution >= 0.6 is 0 Å². The molecule has 32 heavy (non-hydrogen) atoms. The van der Waals surface area contributed by atoms with Crippen molar-refractivity contribution in [1.82, 2.24) is 14.8 Å². The van der Waals surface area contributed by atoms with Gasteiger partial charge in [-0.3, -0.25) is 24.3 Å². The molecule has 0 spiro atoms. The van der Waals surface area contributed by atoms with Gasteiger partial charge in [-0.25, -0.2) is 0 Å². The number of aromatic nitrogens is 1. The maximum Gasteiger partial charge on any atom is 0.261 e. The first-order valence-corrected chi connectivity index (χ1v) is 11.2. The molecular formula is C26H25N3O3. The molecule has 1 saturated carbocycles. The highest BCUT2D eigenvalue weighted by atomic mass is 16.2. The molecule has 3 aromatic rings. The zero-order chi connectivity index (χ0) is 22.2. The number of nitrogens with zero attached hydrogens (tertiary/aromatic N) is 3. The number of rotatable bonds is 7. The molecule has 1 unspecified atom stereocenters. The lowest BCUT2D eigenvalue weighted by Gasteiger charge is -2.30. The molecule has 0 N–H and O–H groups in total. The monoisotopic (exact) mass is 427 g/mol. The molecule has 2 aromatic carbocycles. The second kappa shape index (κ2) is 8.19. The Bertz CT molecular complexity index is 1150. The third-order valence-corrected chi connectivity index (χ3v) is 6.39. The van der Waals surface area contributed by atoms with Gasteiger partial charge in [-0.05, 0) is 55.8 Å². The van der Waals surface area contributed by atoms with Crippen LogP contribution in [-0.4, -0.2) is 45.1 Å². The van der Waals surface area contributed by atoms with Crippen LogP contribution < -0.4 is 0 Å². The van der Waals surface area contributed by atoms with Gasteiger partial charge in [0.2, 0.25) is 5.91 Å². The van der Waals surface area contributed by atoms with E-state index in [4.69, 9.17) is 0 Å². The van der Waals surface area contributed by atoms with Crippen molar-refractivity contribution in [2.24, 2.45) is 0 Å². The van der Waals surface area contributed by atoms with E-state index < -0.39 is 0 Å². The van der Waals surface area contributed by atoms with Gasteiger partial charge < -0.3 is 4.90 Å². The number of carbonyl (C=O) groups is 3. The van der Waals surface area contributed by atoms with Crippen LogP contribution in [0.25, 0.3) is 10.8 Å². The van der Waals surface area contributed by atoms with Crippen molar-refractivity contribution in [3.8, 4) is 0 Å². The summed E-state index contributed by atoms with van der Waals surface area (Å²) in [6.45, 7) is 2.23. The predicted molar refractivity (Wildman–Crippen MR) is 121 cm³/mol. The zero-order valence-corrected chi connectivity index (χ0v) is 18.0. The van der Waals surface area contributed by atoms with Gasteiger partial charge in [0.05, 0.1) is 11.7 Å². The highest BCUT2D eigenvalue weighted by Gasteiger charge is 2.37. The highest BCUT2D eigenvalue weighted by Crippen LogP contribution is 2.35. The van der Waals surface area contributed by atoms with E-state index in [2.05, 4.69) is 4.98 Å². The molecule has 0 radical (unpaired) electrons. The van der Waals surface area contributed by atoms with Crippen LogP contribution in [0.5, 0.6) is 0 Å². The minimum Gasteiger partial charge on any atom is -0.331 e. The van der Waals surface area contributed by atoms with E-state index in [1.165, 1.54) is 4.90 Å². The maximum absolute atomic E-state index is 13.1. The Labute approximate surface area is 186 Å². The summed E-state index contributed by atoms with van der Waals surface area (Å²) in [5, 5.41) is 1.61. The van der Waals surface area contributed by atoms with Crippen molar-refractivity contribution in [1.29, 1.82) is 0 Å². The molecular weight excluding hydrogens is 402 g/mol. The molecule has 6 heteroatoms. The Kier molecular flexibility index (Phi) is 5.21. The lowest BCUT2D eigenvalue weighted by molar-refractivity contribution is -0.134. The van der Waals surface area contributed by atoms with E-state index in [9.17, 15) is 14.4 Å². The van der Waals surface area contributed by atoms with Gasteiger partial charge in [0, 0.05) is 41.7 Å². The summed E-state index contributed by atoms with van der Waals surface area (Å²) in [6, 6.07) is 16.9. The average Bonchev–Trinajstić information content (AvgIpc) is 3.65. The fourth-order valence-corrected chi connectivity index (χ4v) is 4.66. The van der Waals surface area contributed by atoms with Crippen LogP contribution in [0.2, 0.25) is 0 Å². The van der Waals surface area contributed by atoms with Crippen molar-refractivity contribution in [3.05, 3.63) is 77.6 Å². The summed E-state index contributed by atoms with van der Waals surface area (Å²) in [5.74, 6) is -0.523. The molecule has 1 aromatic heterocycles. The fourth-order valence-electron chi connectivity index (χ4n) is 4.66. The van der Waals surface area contributed by atoms with Crippen LogP contribution in [0.3, 0.4) is 0 Å². The quantitative estimate of drug-likeness (QED) is 0.525. The topological polar surface area (TPSA) is 70.6 Å². The number of carbonyl (C=O) groups excluding carboxylic acids is 3. The number of benzene rings is 2. The average molecular weight is 428 g/mol. The predicted octanol–water partition coefficient (Wildman–Crippen LogP) is 4.36. The van der Waals surface area contributed by atoms with Crippen molar-refractivity contribution in [2.75, 3.05) is 6.54 Å². The van der Waals surface area contributed by atoms with Gasteiger partial charge in [-0.1, -0.05) is 30.3 Å². The molecule has 2 heterocycles. The number of pyridine rings is 1. The van der Waals surface area contributed by atoms with Crippen molar-refractivity contribution < 1.29 is 14.4 Å². The van der Waals surface area contributed by atoms with Gasteiger partial charge in [0.1, 0.15) is 0 Å². The summed E-state index contributed by atoms with van der Waals surface area (Å²) < 4.78 is 0. The van der Waals surface area contributed by atoms with E-state index in [-0.39, 0.29) is 42.8 Å². The molecule has 1 aliphatic carbocycles. The van der Waals surface area contributed by atoms with E-state index in [0.717, 1.165) is 29.3 Å². The van der Waals surface area contributed by atoms with Crippen molar-refractivity contribution >= 4 is 28.5 Å². The molecule has 5 rings (SSSR count). The first-order valence-electron chi connectivity index (χ1n) is 11.2.